The number of furan rings is 1. The Morgan fingerprint density at radius 3 is 2.79 bits per heavy atom. The molecule has 2 aromatic rings. The Hall–Kier alpha value is -2.96. The van der Waals surface area contributed by atoms with Crippen LogP contribution in [0.4, 0.5) is 0 Å². The molecule has 0 fully saturated rings. The van der Waals surface area contributed by atoms with Crippen molar-refractivity contribution in [3.63, 3.8) is 0 Å². The largest absolute Gasteiger partial charge is 0.459 e. The van der Waals surface area contributed by atoms with Gasteiger partial charge >= 0.3 is 0 Å². The van der Waals surface area contributed by atoms with Crippen molar-refractivity contribution in [1.82, 2.24) is 10.6 Å². The Morgan fingerprint density at radius 2 is 1.96 bits per heavy atom. The van der Waals surface area contributed by atoms with Crippen molar-refractivity contribution < 1.29 is 23.5 Å². The van der Waals surface area contributed by atoms with Gasteiger partial charge in [-0.2, -0.15) is 0 Å². The molecule has 24 heavy (non-hydrogen) atoms. The maximum Gasteiger partial charge on any atom is 0.286 e. The van der Waals surface area contributed by atoms with Gasteiger partial charge < -0.3 is 24.5 Å². The second kappa shape index (κ2) is 7.54. The van der Waals surface area contributed by atoms with Crippen molar-refractivity contribution >= 4 is 11.8 Å². The van der Waals surface area contributed by atoms with Gasteiger partial charge in [0.15, 0.2) is 17.3 Å². The van der Waals surface area contributed by atoms with Crippen LogP contribution in [0, 0.1) is 0 Å². The first-order chi connectivity index (χ1) is 11.7. The first-order valence-corrected chi connectivity index (χ1v) is 7.69. The molecule has 2 heterocycles. The van der Waals surface area contributed by atoms with Crippen molar-refractivity contribution in [2.24, 2.45) is 0 Å². The van der Waals surface area contributed by atoms with Gasteiger partial charge in [-0.1, -0.05) is 6.07 Å². The van der Waals surface area contributed by atoms with Crippen molar-refractivity contribution in [1.29, 1.82) is 0 Å². The zero-order chi connectivity index (χ0) is 16.8. The van der Waals surface area contributed by atoms with Gasteiger partial charge in [0, 0.05) is 19.5 Å². The summed E-state index contributed by atoms with van der Waals surface area (Å²) in [7, 11) is 0. The summed E-state index contributed by atoms with van der Waals surface area (Å²) in [6.07, 6.45) is 2.33. The lowest BCUT2D eigenvalue weighted by Gasteiger charge is -2.07. The fraction of sp³-hybridized carbons (Fsp3) is 0.294. The average Bonchev–Trinajstić information content (AvgIpc) is 3.27. The van der Waals surface area contributed by atoms with Crippen LogP contribution in [0.5, 0.6) is 11.5 Å². The number of carbonyl (C=O) groups is 2. The van der Waals surface area contributed by atoms with Crippen LogP contribution in [0.1, 0.15) is 29.0 Å². The zero-order valence-corrected chi connectivity index (χ0v) is 13.0. The van der Waals surface area contributed by atoms with Crippen molar-refractivity contribution in [3.8, 4) is 11.5 Å². The van der Waals surface area contributed by atoms with E-state index in [-0.39, 0.29) is 24.4 Å². The average molecular weight is 330 g/mol. The normalized spacial score (nSPS) is 12.0. The number of amides is 2. The molecule has 2 amide bonds. The predicted octanol–water partition coefficient (Wildman–Crippen LogP) is 1.83. The Bertz CT molecular complexity index is 712. The molecule has 0 bridgehead atoms. The molecule has 126 valence electrons. The summed E-state index contributed by atoms with van der Waals surface area (Å²) in [5, 5.41) is 5.54. The molecular weight excluding hydrogens is 312 g/mol. The fourth-order valence-electron chi connectivity index (χ4n) is 2.29. The van der Waals surface area contributed by atoms with Crippen LogP contribution in [-0.2, 0) is 11.3 Å². The SMILES string of the molecule is O=C(CCCNC(=O)c1ccco1)NCc1ccc2c(c1)OCO2. The molecular formula is C17H18N2O5. The summed E-state index contributed by atoms with van der Waals surface area (Å²) in [4.78, 5) is 23.5. The quantitative estimate of drug-likeness (QED) is 0.756. The molecule has 0 radical (unpaired) electrons. The van der Waals surface area contributed by atoms with Gasteiger partial charge in [-0.25, -0.2) is 0 Å². The number of rotatable bonds is 7. The number of fused-ring (bicyclic) bond motifs is 1. The van der Waals surface area contributed by atoms with Crippen molar-refractivity contribution in [2.45, 2.75) is 19.4 Å². The summed E-state index contributed by atoms with van der Waals surface area (Å²) in [5.74, 6) is 1.34. The molecule has 1 aliphatic rings. The third kappa shape index (κ3) is 4.07. The molecule has 1 aliphatic heterocycles. The van der Waals surface area contributed by atoms with Crippen LogP contribution >= 0.6 is 0 Å². The van der Waals surface area contributed by atoms with Crippen LogP contribution in [0.3, 0.4) is 0 Å². The number of benzene rings is 1. The van der Waals surface area contributed by atoms with Crippen LogP contribution in [0.15, 0.2) is 41.0 Å². The number of hydrogen-bond acceptors (Lipinski definition) is 5. The highest BCUT2D eigenvalue weighted by molar-refractivity contribution is 5.91. The van der Waals surface area contributed by atoms with Gasteiger partial charge in [0.05, 0.1) is 6.26 Å². The van der Waals surface area contributed by atoms with E-state index in [9.17, 15) is 9.59 Å². The molecule has 3 rings (SSSR count). The predicted molar refractivity (Wildman–Crippen MR) is 84.7 cm³/mol. The smallest absolute Gasteiger partial charge is 0.286 e. The second-order valence-electron chi connectivity index (χ2n) is 5.30. The van der Waals surface area contributed by atoms with E-state index in [0.29, 0.717) is 31.7 Å². The molecule has 0 unspecified atom stereocenters. The van der Waals surface area contributed by atoms with Crippen LogP contribution in [0.25, 0.3) is 0 Å². The summed E-state index contributed by atoms with van der Waals surface area (Å²) in [6, 6.07) is 8.81. The third-order valence-electron chi connectivity index (χ3n) is 3.54. The maximum absolute atomic E-state index is 11.8. The minimum Gasteiger partial charge on any atom is -0.459 e. The van der Waals surface area contributed by atoms with Crippen LogP contribution in [0.2, 0.25) is 0 Å². The molecule has 7 heteroatoms. The summed E-state index contributed by atoms with van der Waals surface area (Å²) >= 11 is 0. The van der Waals surface area contributed by atoms with E-state index >= 15 is 0 Å². The highest BCUT2D eigenvalue weighted by Crippen LogP contribution is 2.32. The van der Waals surface area contributed by atoms with Crippen LogP contribution < -0.4 is 20.1 Å². The summed E-state index contributed by atoms with van der Waals surface area (Å²) in [5.41, 5.74) is 0.943. The van der Waals surface area contributed by atoms with Gasteiger partial charge in [-0.15, -0.1) is 0 Å². The fourth-order valence-corrected chi connectivity index (χ4v) is 2.29. The lowest BCUT2D eigenvalue weighted by Crippen LogP contribution is -2.27. The number of ether oxygens (including phenoxy) is 2. The van der Waals surface area contributed by atoms with E-state index < -0.39 is 0 Å². The minimum absolute atomic E-state index is 0.0695. The van der Waals surface area contributed by atoms with Gasteiger partial charge in [0.25, 0.3) is 5.91 Å². The Kier molecular flexibility index (Phi) is 5.00. The second-order valence-corrected chi connectivity index (χ2v) is 5.30. The monoisotopic (exact) mass is 330 g/mol. The van der Waals surface area contributed by atoms with E-state index in [0.717, 1.165) is 11.3 Å². The third-order valence-corrected chi connectivity index (χ3v) is 3.54. The first kappa shape index (κ1) is 15.9. The highest BCUT2D eigenvalue weighted by Gasteiger charge is 2.13. The Balaban J connectivity index is 1.33. The molecule has 1 aromatic carbocycles. The van der Waals surface area contributed by atoms with Gasteiger partial charge in [-0.3, -0.25) is 9.59 Å². The summed E-state index contributed by atoms with van der Waals surface area (Å²) < 4.78 is 15.5. The molecule has 2 N–H and O–H groups in total. The highest BCUT2D eigenvalue weighted by atomic mass is 16.7. The van der Waals surface area contributed by atoms with Gasteiger partial charge in [0.2, 0.25) is 12.7 Å². The maximum atomic E-state index is 11.8. The molecule has 0 saturated carbocycles. The molecule has 7 nitrogen and oxygen atoms in total. The van der Waals surface area contributed by atoms with Crippen molar-refractivity contribution in [3.05, 3.63) is 47.9 Å². The number of hydrogen-bond donors (Lipinski definition) is 2. The summed E-state index contributed by atoms with van der Waals surface area (Å²) in [6.45, 7) is 1.07. The Labute approximate surface area is 138 Å². The van der Waals surface area contributed by atoms with E-state index in [2.05, 4.69) is 10.6 Å². The lowest BCUT2D eigenvalue weighted by molar-refractivity contribution is -0.121. The number of carbonyl (C=O) groups excluding carboxylic acids is 2. The van der Waals surface area contributed by atoms with E-state index in [4.69, 9.17) is 13.9 Å². The Morgan fingerprint density at radius 1 is 1.08 bits per heavy atom. The molecule has 0 aliphatic carbocycles. The van der Waals surface area contributed by atoms with Gasteiger partial charge in [0.1, 0.15) is 0 Å². The molecule has 0 saturated heterocycles. The first-order valence-electron chi connectivity index (χ1n) is 7.69. The molecule has 0 spiro atoms. The molecule has 0 atom stereocenters. The van der Waals surface area contributed by atoms with E-state index in [1.807, 2.05) is 18.2 Å². The topological polar surface area (TPSA) is 89.8 Å². The van der Waals surface area contributed by atoms with Crippen LogP contribution in [-0.4, -0.2) is 25.2 Å². The number of nitrogens with one attached hydrogen (secondary N) is 2. The minimum atomic E-state index is -0.277. The standard InChI is InChI=1S/C17H18N2O5/c20-16(4-1-7-18-17(21)14-3-2-8-22-14)19-10-12-5-6-13-15(9-12)24-11-23-13/h2-3,5-6,8-9H,1,4,7,10-11H2,(H,18,21)(H,19,20). The molecule has 1 aromatic heterocycles. The van der Waals surface area contributed by atoms with Gasteiger partial charge in [-0.05, 0) is 36.2 Å². The zero-order valence-electron chi connectivity index (χ0n) is 13.0. The van der Waals surface area contributed by atoms with Crippen molar-refractivity contribution in [2.75, 3.05) is 13.3 Å². The lowest BCUT2D eigenvalue weighted by atomic mass is 10.2. The van der Waals surface area contributed by atoms with E-state index in [1.54, 1.807) is 12.1 Å². The van der Waals surface area contributed by atoms with E-state index in [1.165, 1.54) is 6.26 Å².